The van der Waals surface area contributed by atoms with Crippen molar-refractivity contribution in [1.82, 2.24) is 5.32 Å². The molecule has 7 nitrogen and oxygen atoms in total. The predicted octanol–water partition coefficient (Wildman–Crippen LogP) is 1.86. The lowest BCUT2D eigenvalue weighted by Gasteiger charge is -2.23. The van der Waals surface area contributed by atoms with Gasteiger partial charge in [-0.15, -0.1) is 0 Å². The number of carboxylic acid groups (broad SMARTS) is 1. The van der Waals surface area contributed by atoms with E-state index in [9.17, 15) is 19.5 Å². The number of fused-ring (bicyclic) bond motifs is 1. The molecule has 0 saturated carbocycles. The Kier molecular flexibility index (Phi) is 7.20. The van der Waals surface area contributed by atoms with Gasteiger partial charge in [-0.3, -0.25) is 4.79 Å². The van der Waals surface area contributed by atoms with Crippen LogP contribution in [0.3, 0.4) is 0 Å². The summed E-state index contributed by atoms with van der Waals surface area (Å²) in [4.78, 5) is 35.4. The Morgan fingerprint density at radius 2 is 2.00 bits per heavy atom. The minimum Gasteiger partial charge on any atom is -0.548 e. The summed E-state index contributed by atoms with van der Waals surface area (Å²) in [5.41, 5.74) is 1.46. The maximum Gasteiger partial charge on any atom is 0.336 e. The van der Waals surface area contributed by atoms with Crippen LogP contribution in [-0.4, -0.2) is 24.0 Å². The summed E-state index contributed by atoms with van der Waals surface area (Å²) in [5, 5.41) is 14.5. The first-order valence-corrected chi connectivity index (χ1v) is 9.52. The molecule has 2 rings (SSSR count). The number of hydrogen-bond acceptors (Lipinski definition) is 6. The fraction of sp³-hybridized carbons (Fsp3) is 0.476. The first-order chi connectivity index (χ1) is 13.3. The third kappa shape index (κ3) is 4.91. The van der Waals surface area contributed by atoms with Crippen molar-refractivity contribution in [2.45, 2.75) is 65.5 Å². The minimum atomic E-state index is -1.32. The van der Waals surface area contributed by atoms with Gasteiger partial charge in [0, 0.05) is 17.0 Å². The number of benzene rings is 1. The summed E-state index contributed by atoms with van der Waals surface area (Å²) in [5.74, 6) is -1.47. The average Bonchev–Trinajstić information content (AvgIpc) is 2.66. The SMILES string of the molecule is CCCC[C@H](NC(=O)[C@H](C)Oc1ccc2c(CC)cc(=O)oc2c1C)C(=O)[O-]. The van der Waals surface area contributed by atoms with Crippen LogP contribution in [0, 0.1) is 6.92 Å². The Hall–Kier alpha value is -2.83. The maximum absolute atomic E-state index is 12.4. The highest BCUT2D eigenvalue weighted by Gasteiger charge is 2.21. The molecule has 1 aromatic carbocycles. The van der Waals surface area contributed by atoms with E-state index in [1.54, 1.807) is 19.1 Å². The fourth-order valence-corrected chi connectivity index (χ4v) is 3.02. The number of unbranched alkanes of at least 4 members (excludes halogenated alkanes) is 1. The quantitative estimate of drug-likeness (QED) is 0.657. The second-order valence-corrected chi connectivity index (χ2v) is 6.79. The zero-order valence-corrected chi connectivity index (χ0v) is 16.7. The zero-order chi connectivity index (χ0) is 20.8. The Morgan fingerprint density at radius 1 is 1.29 bits per heavy atom. The van der Waals surface area contributed by atoms with Gasteiger partial charge in [-0.05, 0) is 44.4 Å². The number of carbonyl (C=O) groups is 2. The molecule has 2 aromatic rings. The van der Waals surface area contributed by atoms with E-state index in [1.807, 2.05) is 13.8 Å². The molecule has 0 aliphatic rings. The molecule has 0 spiro atoms. The molecule has 2 atom stereocenters. The van der Waals surface area contributed by atoms with Gasteiger partial charge >= 0.3 is 5.63 Å². The lowest BCUT2D eigenvalue weighted by atomic mass is 10.0. The number of carbonyl (C=O) groups excluding carboxylic acids is 2. The van der Waals surface area contributed by atoms with E-state index in [2.05, 4.69) is 5.32 Å². The standard InChI is InChI=1S/C21H27NO6/c1-5-7-8-16(21(25)26)22-20(24)13(4)27-17-10-9-15-14(6-2)11-18(23)28-19(15)12(17)3/h9-11,13,16H,5-8H2,1-4H3,(H,22,24)(H,25,26)/p-1/t13-,16-/m0/s1. The Bertz CT molecular complexity index is 917. The molecule has 1 N–H and O–H groups in total. The largest absolute Gasteiger partial charge is 0.548 e. The molecule has 0 fully saturated rings. The van der Waals surface area contributed by atoms with Crippen LogP contribution in [0.15, 0.2) is 27.4 Å². The fourth-order valence-electron chi connectivity index (χ4n) is 3.02. The van der Waals surface area contributed by atoms with E-state index in [0.717, 1.165) is 17.4 Å². The molecule has 0 saturated heterocycles. The number of ether oxygens (including phenoxy) is 1. The topological polar surface area (TPSA) is 109 Å². The van der Waals surface area contributed by atoms with Crippen molar-refractivity contribution in [3.8, 4) is 5.75 Å². The lowest BCUT2D eigenvalue weighted by Crippen LogP contribution is -2.51. The van der Waals surface area contributed by atoms with Gasteiger partial charge in [0.1, 0.15) is 11.3 Å². The van der Waals surface area contributed by atoms with Gasteiger partial charge in [0.05, 0.1) is 12.0 Å². The van der Waals surface area contributed by atoms with Crippen molar-refractivity contribution in [3.63, 3.8) is 0 Å². The second kappa shape index (κ2) is 9.39. The van der Waals surface area contributed by atoms with Crippen molar-refractivity contribution in [3.05, 3.63) is 39.7 Å². The van der Waals surface area contributed by atoms with Crippen LogP contribution >= 0.6 is 0 Å². The van der Waals surface area contributed by atoms with E-state index in [4.69, 9.17) is 9.15 Å². The van der Waals surface area contributed by atoms with Gasteiger partial charge in [0.2, 0.25) is 0 Å². The van der Waals surface area contributed by atoms with E-state index >= 15 is 0 Å². The monoisotopic (exact) mass is 388 g/mol. The van der Waals surface area contributed by atoms with Crippen molar-refractivity contribution < 1.29 is 23.8 Å². The summed E-state index contributed by atoms with van der Waals surface area (Å²) in [6.45, 7) is 7.16. The van der Waals surface area contributed by atoms with Gasteiger partial charge in [0.15, 0.2) is 6.10 Å². The molecule has 0 bridgehead atoms. The van der Waals surface area contributed by atoms with E-state index in [0.29, 0.717) is 36.2 Å². The Labute approximate surface area is 163 Å². The van der Waals surface area contributed by atoms with Crippen LogP contribution in [0.1, 0.15) is 51.2 Å². The molecule has 0 aliphatic carbocycles. The van der Waals surface area contributed by atoms with Crippen LogP contribution in [0.5, 0.6) is 5.75 Å². The highest BCUT2D eigenvalue weighted by atomic mass is 16.5. The molecular formula is C21H26NO6-. The highest BCUT2D eigenvalue weighted by Crippen LogP contribution is 2.29. The van der Waals surface area contributed by atoms with Crippen molar-refractivity contribution in [2.75, 3.05) is 0 Å². The molecule has 1 amide bonds. The number of carboxylic acids is 1. The summed E-state index contributed by atoms with van der Waals surface area (Å²) in [6, 6.07) is 3.92. The molecule has 0 unspecified atom stereocenters. The molecule has 0 aliphatic heterocycles. The third-order valence-electron chi connectivity index (χ3n) is 4.70. The van der Waals surface area contributed by atoms with Gasteiger partial charge in [-0.25, -0.2) is 4.79 Å². The van der Waals surface area contributed by atoms with Crippen LogP contribution in [0.2, 0.25) is 0 Å². The number of hydrogen-bond donors (Lipinski definition) is 1. The van der Waals surface area contributed by atoms with Crippen molar-refractivity contribution >= 4 is 22.8 Å². The van der Waals surface area contributed by atoms with E-state index < -0.39 is 29.6 Å². The first kappa shape index (κ1) is 21.5. The van der Waals surface area contributed by atoms with Crippen molar-refractivity contribution in [2.24, 2.45) is 0 Å². The van der Waals surface area contributed by atoms with Gasteiger partial charge < -0.3 is 24.4 Å². The number of amides is 1. The van der Waals surface area contributed by atoms with Crippen LogP contribution < -0.4 is 20.8 Å². The molecule has 1 heterocycles. The molecule has 28 heavy (non-hydrogen) atoms. The number of aliphatic carboxylic acids is 1. The van der Waals surface area contributed by atoms with Crippen LogP contribution in [0.25, 0.3) is 11.0 Å². The number of rotatable bonds is 9. The summed E-state index contributed by atoms with van der Waals surface area (Å²) in [7, 11) is 0. The molecular weight excluding hydrogens is 362 g/mol. The number of nitrogens with one attached hydrogen (secondary N) is 1. The summed E-state index contributed by atoms with van der Waals surface area (Å²) < 4.78 is 11.1. The lowest BCUT2D eigenvalue weighted by molar-refractivity contribution is -0.308. The Balaban J connectivity index is 2.21. The van der Waals surface area contributed by atoms with E-state index in [-0.39, 0.29) is 0 Å². The van der Waals surface area contributed by atoms with Crippen LogP contribution in [0.4, 0.5) is 0 Å². The predicted molar refractivity (Wildman–Crippen MR) is 103 cm³/mol. The van der Waals surface area contributed by atoms with Crippen molar-refractivity contribution in [1.29, 1.82) is 0 Å². The zero-order valence-electron chi connectivity index (χ0n) is 16.7. The van der Waals surface area contributed by atoms with Gasteiger partial charge in [0.25, 0.3) is 5.91 Å². The smallest absolute Gasteiger partial charge is 0.336 e. The first-order valence-electron chi connectivity index (χ1n) is 9.52. The molecule has 0 radical (unpaired) electrons. The molecule has 1 aromatic heterocycles. The average molecular weight is 388 g/mol. The minimum absolute atomic E-state index is 0.303. The highest BCUT2D eigenvalue weighted by molar-refractivity contribution is 5.87. The third-order valence-corrected chi connectivity index (χ3v) is 4.70. The number of aryl methyl sites for hydroxylation is 2. The van der Waals surface area contributed by atoms with E-state index in [1.165, 1.54) is 13.0 Å². The Morgan fingerprint density at radius 3 is 2.61 bits per heavy atom. The second-order valence-electron chi connectivity index (χ2n) is 6.79. The summed E-state index contributed by atoms with van der Waals surface area (Å²) in [6.07, 6.45) is 1.53. The normalized spacial score (nSPS) is 13.1. The molecule has 152 valence electrons. The summed E-state index contributed by atoms with van der Waals surface area (Å²) >= 11 is 0. The van der Waals surface area contributed by atoms with Gasteiger partial charge in [-0.1, -0.05) is 26.7 Å². The molecule has 7 heteroatoms. The van der Waals surface area contributed by atoms with Gasteiger partial charge in [-0.2, -0.15) is 0 Å². The maximum atomic E-state index is 12.4. The van der Waals surface area contributed by atoms with Crippen LogP contribution in [-0.2, 0) is 16.0 Å².